The fraction of sp³-hybridized carbons (Fsp3) is 0.806. The van der Waals surface area contributed by atoms with Gasteiger partial charge in [-0.3, -0.25) is 18.6 Å². The lowest BCUT2D eigenvalue weighted by atomic mass is 10.0. The molecule has 0 saturated carbocycles. The highest BCUT2D eigenvalue weighted by Crippen LogP contribution is 2.43. The Bertz CT molecular complexity index is 1630. The van der Waals surface area contributed by atoms with Crippen LogP contribution in [-0.2, 0) is 27.9 Å². The summed E-state index contributed by atoms with van der Waals surface area (Å²) in [6.45, 7) is 6.99. The van der Waals surface area contributed by atoms with Gasteiger partial charge < -0.3 is 19.4 Å². The van der Waals surface area contributed by atoms with Crippen molar-refractivity contribution in [2.24, 2.45) is 0 Å². The number of phosphoric ester groups is 1. The number of carbonyl (C=O) groups is 2. The number of rotatable bonds is 63. The lowest BCUT2D eigenvalue weighted by Crippen LogP contribution is -2.47. The van der Waals surface area contributed by atoms with E-state index in [1.807, 2.05) is 33.3 Å². The molecule has 0 aromatic carbocycles. The molecule has 0 aliphatic heterocycles. The Hall–Kier alpha value is -2.55. The standard InChI is InChI=1S/C72H133N2O7P/c1-7-10-13-16-19-22-25-28-30-32-34-35-36-37-38-39-41-42-44-46-49-52-55-58-61-64-71(75)73-69(68-80-82(77,78)79-67-66-74(4,5)6)70(63-60-57-54-51-48-27-24-21-18-15-12-9-3)81-72(76)65-62-59-56-53-50-47-45-43-40-33-31-29-26-23-20-17-14-11-8-2/h20,23,28-31,40,43,47,50,60,63,69-70H,7-19,21-22,24-27,32-39,41-42,44-46,48-49,51-59,61-62,64-68H2,1-6H3,(H-,73,75,77,78)/p+1/b23-20-,30-28+,31-29-,43-40-,50-47-,63-60-. The number of carbonyl (C=O) groups excluding carboxylic acids is 2. The Morgan fingerprint density at radius 1 is 0.427 bits per heavy atom. The minimum atomic E-state index is -4.46. The number of allylic oxidation sites excluding steroid dienone is 11. The van der Waals surface area contributed by atoms with Crippen molar-refractivity contribution in [3.05, 3.63) is 72.9 Å². The van der Waals surface area contributed by atoms with Gasteiger partial charge in [0.05, 0.1) is 33.8 Å². The fourth-order valence-corrected chi connectivity index (χ4v) is 10.7. The van der Waals surface area contributed by atoms with Gasteiger partial charge in [0.2, 0.25) is 5.91 Å². The summed E-state index contributed by atoms with van der Waals surface area (Å²) in [5, 5.41) is 3.06. The Kier molecular flexibility index (Phi) is 59.6. The van der Waals surface area contributed by atoms with Gasteiger partial charge >= 0.3 is 13.8 Å². The van der Waals surface area contributed by atoms with E-state index in [1.54, 1.807) is 0 Å². The van der Waals surface area contributed by atoms with Crippen molar-refractivity contribution in [3.63, 3.8) is 0 Å². The number of hydrogen-bond acceptors (Lipinski definition) is 6. The molecule has 0 rings (SSSR count). The lowest BCUT2D eigenvalue weighted by Gasteiger charge is -2.27. The van der Waals surface area contributed by atoms with E-state index in [4.69, 9.17) is 13.8 Å². The van der Waals surface area contributed by atoms with E-state index in [-0.39, 0.29) is 31.5 Å². The molecule has 82 heavy (non-hydrogen) atoms. The number of unbranched alkanes of at least 4 members (excludes halogenated alkanes) is 37. The summed E-state index contributed by atoms with van der Waals surface area (Å²) in [6, 6.07) is -0.864. The molecule has 9 nitrogen and oxygen atoms in total. The smallest absolute Gasteiger partial charge is 0.456 e. The molecule has 0 saturated heterocycles. The van der Waals surface area contributed by atoms with Gasteiger partial charge in [-0.1, -0.05) is 280 Å². The molecule has 0 fully saturated rings. The van der Waals surface area contributed by atoms with Crippen molar-refractivity contribution in [3.8, 4) is 0 Å². The largest absolute Gasteiger partial charge is 0.472 e. The highest BCUT2D eigenvalue weighted by molar-refractivity contribution is 7.47. The quantitative estimate of drug-likeness (QED) is 0.0205. The maximum Gasteiger partial charge on any atom is 0.472 e. The first kappa shape index (κ1) is 79.5. The molecule has 1 amide bonds. The third kappa shape index (κ3) is 62.0. The molecule has 0 heterocycles. The number of likely N-dealkylation sites (N-methyl/N-ethyl adjacent to an activating group) is 1. The SMILES string of the molecule is CCCCC/C=C\C/C=C\C/C=C\C/C=C\CCCCCC(=O)OC(/C=C\CCCCCCCCCCCC)C(COP(=O)(O)OCC[N+](C)(C)C)NC(=O)CCCCCCCCCCCCCCCCC/C=C/CCCCCCCC. The summed E-state index contributed by atoms with van der Waals surface area (Å²) in [5.74, 6) is -0.532. The van der Waals surface area contributed by atoms with E-state index in [9.17, 15) is 19.0 Å². The zero-order valence-corrected chi connectivity index (χ0v) is 55.6. The Morgan fingerprint density at radius 3 is 1.16 bits per heavy atom. The van der Waals surface area contributed by atoms with Crippen LogP contribution in [0.2, 0.25) is 0 Å². The van der Waals surface area contributed by atoms with Gasteiger partial charge in [0, 0.05) is 12.8 Å². The van der Waals surface area contributed by atoms with Gasteiger partial charge in [-0.25, -0.2) is 4.57 Å². The topological polar surface area (TPSA) is 111 Å². The van der Waals surface area contributed by atoms with Gasteiger partial charge in [0.1, 0.15) is 19.3 Å². The fourth-order valence-electron chi connectivity index (χ4n) is 9.98. The normalized spacial score (nSPS) is 14.0. The molecular formula is C72H134N2O7P+. The average Bonchev–Trinajstić information content (AvgIpc) is 3.44. The molecule has 0 spiro atoms. The van der Waals surface area contributed by atoms with Crippen LogP contribution in [0, 0.1) is 0 Å². The van der Waals surface area contributed by atoms with E-state index in [1.165, 1.54) is 205 Å². The number of esters is 1. The summed E-state index contributed by atoms with van der Waals surface area (Å²) < 4.78 is 30.8. The maximum absolute atomic E-state index is 13.6. The zero-order valence-electron chi connectivity index (χ0n) is 54.7. The number of amides is 1. The maximum atomic E-state index is 13.6. The Labute approximate surface area is 508 Å². The number of quaternary nitrogens is 1. The molecule has 0 aromatic heterocycles. The third-order valence-electron chi connectivity index (χ3n) is 15.4. The molecule has 2 N–H and O–H groups in total. The van der Waals surface area contributed by atoms with E-state index >= 15 is 0 Å². The molecule has 3 atom stereocenters. The van der Waals surface area contributed by atoms with E-state index in [0.29, 0.717) is 23.9 Å². The van der Waals surface area contributed by atoms with Crippen molar-refractivity contribution >= 4 is 19.7 Å². The van der Waals surface area contributed by atoms with E-state index in [2.05, 4.69) is 86.8 Å². The van der Waals surface area contributed by atoms with Crippen LogP contribution in [0.1, 0.15) is 323 Å². The van der Waals surface area contributed by atoms with Crippen LogP contribution < -0.4 is 5.32 Å². The van der Waals surface area contributed by atoms with Gasteiger partial charge in [-0.05, 0) is 102 Å². The van der Waals surface area contributed by atoms with Gasteiger partial charge in [-0.15, -0.1) is 0 Å². The number of phosphoric acid groups is 1. The van der Waals surface area contributed by atoms with Gasteiger partial charge in [0.15, 0.2) is 0 Å². The van der Waals surface area contributed by atoms with Crippen molar-refractivity contribution in [2.75, 3.05) is 40.9 Å². The first-order valence-corrected chi connectivity index (χ1v) is 36.3. The summed E-state index contributed by atoms with van der Waals surface area (Å²) in [6.07, 6.45) is 80.6. The van der Waals surface area contributed by atoms with E-state index in [0.717, 1.165) is 77.0 Å². The number of hydrogen-bond donors (Lipinski definition) is 2. The molecule has 10 heteroatoms. The van der Waals surface area contributed by atoms with Crippen LogP contribution >= 0.6 is 7.82 Å². The number of nitrogens with zero attached hydrogens (tertiary/aromatic N) is 1. The van der Waals surface area contributed by atoms with Crippen molar-refractivity contribution in [1.29, 1.82) is 0 Å². The summed E-state index contributed by atoms with van der Waals surface area (Å²) in [7, 11) is 1.48. The zero-order chi connectivity index (χ0) is 60.0. The molecule has 0 radical (unpaired) electrons. The van der Waals surface area contributed by atoms with Crippen LogP contribution in [0.3, 0.4) is 0 Å². The lowest BCUT2D eigenvalue weighted by molar-refractivity contribution is -0.870. The second kappa shape index (κ2) is 61.5. The predicted molar refractivity (Wildman–Crippen MR) is 355 cm³/mol. The van der Waals surface area contributed by atoms with Crippen molar-refractivity contribution in [1.82, 2.24) is 5.32 Å². The molecule has 0 aromatic rings. The van der Waals surface area contributed by atoms with Crippen LogP contribution in [-0.4, -0.2) is 74.3 Å². The first-order chi connectivity index (χ1) is 39.9. The molecular weight excluding hydrogens is 1040 g/mol. The van der Waals surface area contributed by atoms with Crippen LogP contribution in [0.5, 0.6) is 0 Å². The monoisotopic (exact) mass is 1170 g/mol. The number of ether oxygens (including phenoxy) is 1. The minimum absolute atomic E-state index is 0.0338. The first-order valence-electron chi connectivity index (χ1n) is 34.8. The molecule has 0 aliphatic rings. The van der Waals surface area contributed by atoms with E-state index < -0.39 is 20.0 Å². The summed E-state index contributed by atoms with van der Waals surface area (Å²) >= 11 is 0. The summed E-state index contributed by atoms with van der Waals surface area (Å²) in [5.41, 5.74) is 0. The van der Waals surface area contributed by atoms with Gasteiger partial charge in [-0.2, -0.15) is 0 Å². The molecule has 0 bridgehead atoms. The Morgan fingerprint density at radius 2 is 0.744 bits per heavy atom. The van der Waals surface area contributed by atoms with Crippen LogP contribution in [0.4, 0.5) is 0 Å². The predicted octanol–water partition coefficient (Wildman–Crippen LogP) is 22.0. The van der Waals surface area contributed by atoms with Crippen molar-refractivity contribution < 1.29 is 37.3 Å². The second-order valence-corrected chi connectivity index (χ2v) is 26.1. The summed E-state index contributed by atoms with van der Waals surface area (Å²) in [4.78, 5) is 37.8. The Balaban J connectivity index is 5.12. The molecule has 478 valence electrons. The third-order valence-corrected chi connectivity index (χ3v) is 16.4. The highest BCUT2D eigenvalue weighted by Gasteiger charge is 2.30. The van der Waals surface area contributed by atoms with Crippen molar-refractivity contribution in [2.45, 2.75) is 335 Å². The second-order valence-electron chi connectivity index (χ2n) is 24.7. The molecule has 0 aliphatic carbocycles. The number of nitrogens with one attached hydrogen (secondary N) is 1. The molecule has 3 unspecified atom stereocenters. The van der Waals surface area contributed by atoms with Gasteiger partial charge in [0.25, 0.3) is 0 Å². The highest BCUT2D eigenvalue weighted by atomic mass is 31.2. The average molecular weight is 1170 g/mol. The van der Waals surface area contributed by atoms with Crippen LogP contribution in [0.25, 0.3) is 0 Å². The minimum Gasteiger partial charge on any atom is -0.456 e. The van der Waals surface area contributed by atoms with Crippen LogP contribution in [0.15, 0.2) is 72.9 Å².